The lowest BCUT2D eigenvalue weighted by molar-refractivity contribution is 0.249. The maximum Gasteiger partial charge on any atom is 0.126 e. The highest BCUT2D eigenvalue weighted by atomic mass is 15.2. The van der Waals surface area contributed by atoms with Gasteiger partial charge in [-0.1, -0.05) is 0 Å². The number of nitrogens with zero attached hydrogens (tertiary/aromatic N) is 3. The molecule has 84 valence electrons. The lowest BCUT2D eigenvalue weighted by atomic mass is 10.0. The van der Waals surface area contributed by atoms with Gasteiger partial charge in [-0.15, -0.1) is 0 Å². The number of aromatic nitrogens is 2. The number of hydrogen-bond acceptors (Lipinski definition) is 3. The number of piperidine rings is 1. The molecule has 2 rings (SSSR count). The van der Waals surface area contributed by atoms with E-state index in [0.29, 0.717) is 0 Å². The molecular formula is C11H20N4. The lowest BCUT2D eigenvalue weighted by Crippen LogP contribution is -2.42. The van der Waals surface area contributed by atoms with Crippen molar-refractivity contribution in [2.24, 2.45) is 0 Å². The van der Waals surface area contributed by atoms with Crippen LogP contribution in [-0.4, -0.2) is 48.1 Å². The molecule has 0 atom stereocenters. The van der Waals surface area contributed by atoms with Gasteiger partial charge in [0.1, 0.15) is 11.6 Å². The Hall–Kier alpha value is -1.03. The molecule has 0 bridgehead atoms. The van der Waals surface area contributed by atoms with Crippen LogP contribution in [0.3, 0.4) is 0 Å². The summed E-state index contributed by atoms with van der Waals surface area (Å²) >= 11 is 0. The molecule has 1 N–H and O–H groups in total. The minimum Gasteiger partial charge on any atom is -0.357 e. The molecule has 0 amide bonds. The SMILES string of the molecule is Cc1ncc(N2CCC(N(C)C)CC2)[nH]1. The first kappa shape index (κ1) is 10.5. The summed E-state index contributed by atoms with van der Waals surface area (Å²) in [6.07, 6.45) is 4.42. The summed E-state index contributed by atoms with van der Waals surface area (Å²) in [5.74, 6) is 2.17. The van der Waals surface area contributed by atoms with Crippen LogP contribution in [-0.2, 0) is 0 Å². The molecule has 0 radical (unpaired) electrons. The van der Waals surface area contributed by atoms with E-state index in [0.717, 1.165) is 25.0 Å². The summed E-state index contributed by atoms with van der Waals surface area (Å²) in [6.45, 7) is 4.25. The van der Waals surface area contributed by atoms with Gasteiger partial charge in [0.25, 0.3) is 0 Å². The quantitative estimate of drug-likeness (QED) is 0.794. The summed E-state index contributed by atoms with van der Waals surface area (Å²) in [4.78, 5) is 12.2. The number of imidazole rings is 1. The highest BCUT2D eigenvalue weighted by molar-refractivity contribution is 5.37. The summed E-state index contributed by atoms with van der Waals surface area (Å²) in [7, 11) is 4.33. The topological polar surface area (TPSA) is 35.2 Å². The van der Waals surface area contributed by atoms with E-state index >= 15 is 0 Å². The van der Waals surface area contributed by atoms with Crippen molar-refractivity contribution in [1.82, 2.24) is 14.9 Å². The summed E-state index contributed by atoms with van der Waals surface area (Å²) < 4.78 is 0. The van der Waals surface area contributed by atoms with E-state index in [4.69, 9.17) is 0 Å². The molecular weight excluding hydrogens is 188 g/mol. The van der Waals surface area contributed by atoms with Crippen LogP contribution in [0.2, 0.25) is 0 Å². The van der Waals surface area contributed by atoms with Gasteiger partial charge in [0, 0.05) is 19.1 Å². The molecule has 0 saturated carbocycles. The van der Waals surface area contributed by atoms with E-state index < -0.39 is 0 Å². The highest BCUT2D eigenvalue weighted by Gasteiger charge is 2.21. The van der Waals surface area contributed by atoms with Gasteiger partial charge in [0.05, 0.1) is 6.20 Å². The van der Waals surface area contributed by atoms with Crippen molar-refractivity contribution >= 4 is 5.82 Å². The fraction of sp³-hybridized carbons (Fsp3) is 0.727. The molecule has 15 heavy (non-hydrogen) atoms. The molecule has 0 aliphatic carbocycles. The van der Waals surface area contributed by atoms with Crippen LogP contribution >= 0.6 is 0 Å². The first-order valence-corrected chi connectivity index (χ1v) is 5.60. The predicted octanol–water partition coefficient (Wildman–Crippen LogP) is 1.25. The van der Waals surface area contributed by atoms with Gasteiger partial charge in [0.15, 0.2) is 0 Å². The summed E-state index contributed by atoms with van der Waals surface area (Å²) in [6, 6.07) is 0.741. The van der Waals surface area contributed by atoms with E-state index in [1.54, 1.807) is 0 Å². The average Bonchev–Trinajstić information content (AvgIpc) is 2.65. The second kappa shape index (κ2) is 4.23. The number of rotatable bonds is 2. The fourth-order valence-electron chi connectivity index (χ4n) is 2.19. The number of H-pyrrole nitrogens is 1. The molecule has 4 heteroatoms. The van der Waals surface area contributed by atoms with E-state index in [-0.39, 0.29) is 0 Å². The number of anilines is 1. The van der Waals surface area contributed by atoms with Gasteiger partial charge in [-0.25, -0.2) is 4.98 Å². The first-order chi connectivity index (χ1) is 7.16. The number of hydrogen-bond donors (Lipinski definition) is 1. The van der Waals surface area contributed by atoms with Crippen LogP contribution < -0.4 is 4.90 Å². The molecule has 1 saturated heterocycles. The molecule has 0 aromatic carbocycles. The zero-order valence-corrected chi connectivity index (χ0v) is 9.82. The summed E-state index contributed by atoms with van der Waals surface area (Å²) in [5.41, 5.74) is 0. The van der Waals surface area contributed by atoms with Gasteiger partial charge in [0.2, 0.25) is 0 Å². The van der Waals surface area contributed by atoms with Crippen LogP contribution in [0, 0.1) is 6.92 Å². The largest absolute Gasteiger partial charge is 0.357 e. The van der Waals surface area contributed by atoms with Gasteiger partial charge >= 0.3 is 0 Å². The molecule has 0 spiro atoms. The van der Waals surface area contributed by atoms with Gasteiger partial charge in [-0.2, -0.15) is 0 Å². The molecule has 1 aromatic rings. The second-order valence-electron chi connectivity index (χ2n) is 4.54. The van der Waals surface area contributed by atoms with Gasteiger partial charge in [-0.05, 0) is 33.9 Å². The minimum atomic E-state index is 0.741. The van der Waals surface area contributed by atoms with Crippen LogP contribution in [0.25, 0.3) is 0 Å². The summed E-state index contributed by atoms with van der Waals surface area (Å²) in [5, 5.41) is 0. The van der Waals surface area contributed by atoms with Crippen molar-refractivity contribution in [3.63, 3.8) is 0 Å². The van der Waals surface area contributed by atoms with Crippen molar-refractivity contribution in [1.29, 1.82) is 0 Å². The number of nitrogens with one attached hydrogen (secondary N) is 1. The zero-order chi connectivity index (χ0) is 10.8. The Balaban J connectivity index is 1.93. The maximum absolute atomic E-state index is 4.24. The predicted molar refractivity (Wildman–Crippen MR) is 62.2 cm³/mol. The van der Waals surface area contributed by atoms with Crippen molar-refractivity contribution < 1.29 is 0 Å². The molecule has 4 nitrogen and oxygen atoms in total. The van der Waals surface area contributed by atoms with E-state index in [2.05, 4.69) is 33.9 Å². The Morgan fingerprint density at radius 1 is 1.40 bits per heavy atom. The number of aryl methyl sites for hydroxylation is 1. The van der Waals surface area contributed by atoms with E-state index in [1.165, 1.54) is 18.7 Å². The van der Waals surface area contributed by atoms with Crippen LogP contribution in [0.1, 0.15) is 18.7 Å². The van der Waals surface area contributed by atoms with Gasteiger partial charge < -0.3 is 14.8 Å². The fourth-order valence-corrected chi connectivity index (χ4v) is 2.19. The van der Waals surface area contributed by atoms with Crippen molar-refractivity contribution in [3.05, 3.63) is 12.0 Å². The van der Waals surface area contributed by atoms with Crippen LogP contribution in [0.5, 0.6) is 0 Å². The maximum atomic E-state index is 4.24. The zero-order valence-electron chi connectivity index (χ0n) is 9.82. The van der Waals surface area contributed by atoms with E-state index in [1.807, 2.05) is 13.1 Å². The molecule has 2 heterocycles. The van der Waals surface area contributed by atoms with E-state index in [9.17, 15) is 0 Å². The Kier molecular flexibility index (Phi) is 2.95. The van der Waals surface area contributed by atoms with Crippen molar-refractivity contribution in [2.45, 2.75) is 25.8 Å². The third kappa shape index (κ3) is 2.31. The Labute approximate surface area is 91.3 Å². The Morgan fingerprint density at radius 2 is 2.07 bits per heavy atom. The standard InChI is InChI=1S/C11H20N4/c1-9-12-8-11(13-9)15-6-4-10(5-7-15)14(2)3/h8,10H,4-7H2,1-3H3,(H,12,13). The van der Waals surface area contributed by atoms with Crippen molar-refractivity contribution in [3.8, 4) is 0 Å². The average molecular weight is 208 g/mol. The van der Waals surface area contributed by atoms with Crippen molar-refractivity contribution in [2.75, 3.05) is 32.1 Å². The molecule has 1 aliphatic heterocycles. The third-order valence-corrected chi connectivity index (χ3v) is 3.22. The minimum absolute atomic E-state index is 0.741. The third-order valence-electron chi connectivity index (χ3n) is 3.22. The molecule has 0 unspecified atom stereocenters. The van der Waals surface area contributed by atoms with Crippen LogP contribution in [0.15, 0.2) is 6.20 Å². The monoisotopic (exact) mass is 208 g/mol. The van der Waals surface area contributed by atoms with Gasteiger partial charge in [-0.3, -0.25) is 0 Å². The first-order valence-electron chi connectivity index (χ1n) is 5.60. The second-order valence-corrected chi connectivity index (χ2v) is 4.54. The number of aromatic amines is 1. The molecule has 1 fully saturated rings. The smallest absolute Gasteiger partial charge is 0.126 e. The molecule has 1 aliphatic rings. The Bertz CT molecular complexity index is 310. The highest BCUT2D eigenvalue weighted by Crippen LogP contribution is 2.19. The molecule has 1 aromatic heterocycles. The lowest BCUT2D eigenvalue weighted by Gasteiger charge is -2.35. The van der Waals surface area contributed by atoms with Crippen LogP contribution in [0.4, 0.5) is 5.82 Å². The normalized spacial score (nSPS) is 18.8. The Morgan fingerprint density at radius 3 is 2.53 bits per heavy atom.